The number of nitrogens with zero attached hydrogens (tertiary/aromatic N) is 2. The number of carboxylic acids is 1. The Morgan fingerprint density at radius 1 is 1.03 bits per heavy atom. The zero-order valence-corrected chi connectivity index (χ0v) is 16.5. The maximum Gasteiger partial charge on any atom is 0.336 e. The van der Waals surface area contributed by atoms with Crippen molar-refractivity contribution in [2.75, 3.05) is 13.1 Å². The van der Waals surface area contributed by atoms with Gasteiger partial charge in [-0.1, -0.05) is 48.5 Å². The third-order valence-corrected chi connectivity index (χ3v) is 5.66. The summed E-state index contributed by atoms with van der Waals surface area (Å²) in [6, 6.07) is 21.6. The van der Waals surface area contributed by atoms with Gasteiger partial charge in [-0.05, 0) is 66.6 Å². The molecule has 4 heteroatoms. The summed E-state index contributed by atoms with van der Waals surface area (Å²) in [6.45, 7) is 3.15. The number of piperidine rings is 1. The molecule has 1 fully saturated rings. The van der Waals surface area contributed by atoms with E-state index in [1.807, 2.05) is 36.5 Å². The molecule has 4 rings (SSSR count). The SMILES string of the molecule is O=C(O)c1ccccc1-c1ccc(CN2CCC[C@@H](Cc3ccccn3)C2)cc1. The van der Waals surface area contributed by atoms with Gasteiger partial charge in [-0.15, -0.1) is 0 Å². The minimum Gasteiger partial charge on any atom is -0.478 e. The van der Waals surface area contributed by atoms with Crippen LogP contribution in [0.3, 0.4) is 0 Å². The van der Waals surface area contributed by atoms with E-state index in [2.05, 4.69) is 34.1 Å². The number of carboxylic acid groups (broad SMARTS) is 1. The van der Waals surface area contributed by atoms with Gasteiger partial charge in [-0.2, -0.15) is 0 Å². The second-order valence-corrected chi connectivity index (χ2v) is 7.82. The molecule has 1 N–H and O–H groups in total. The zero-order valence-electron chi connectivity index (χ0n) is 16.5. The van der Waals surface area contributed by atoms with Crippen LogP contribution in [0.5, 0.6) is 0 Å². The lowest BCUT2D eigenvalue weighted by Crippen LogP contribution is -2.35. The first-order valence-electron chi connectivity index (χ1n) is 10.2. The average molecular weight is 386 g/mol. The van der Waals surface area contributed by atoms with Gasteiger partial charge in [-0.3, -0.25) is 9.88 Å². The van der Waals surface area contributed by atoms with Gasteiger partial charge < -0.3 is 5.11 Å². The summed E-state index contributed by atoms with van der Waals surface area (Å²) < 4.78 is 0. The lowest BCUT2D eigenvalue weighted by molar-refractivity contribution is 0.0697. The van der Waals surface area contributed by atoms with E-state index in [0.29, 0.717) is 11.5 Å². The Kier molecular flexibility index (Phi) is 6.01. The molecule has 0 spiro atoms. The molecule has 1 aliphatic heterocycles. The highest BCUT2D eigenvalue weighted by Gasteiger charge is 2.20. The molecule has 1 aromatic heterocycles. The maximum absolute atomic E-state index is 11.5. The molecule has 2 heterocycles. The molecule has 0 unspecified atom stereocenters. The molecule has 0 saturated carbocycles. The Morgan fingerprint density at radius 2 is 1.83 bits per heavy atom. The molecule has 29 heavy (non-hydrogen) atoms. The van der Waals surface area contributed by atoms with Crippen LogP contribution in [0.15, 0.2) is 72.9 Å². The quantitative estimate of drug-likeness (QED) is 0.655. The van der Waals surface area contributed by atoms with E-state index in [4.69, 9.17) is 0 Å². The van der Waals surface area contributed by atoms with Crippen molar-refractivity contribution in [2.24, 2.45) is 5.92 Å². The lowest BCUT2D eigenvalue weighted by atomic mass is 9.92. The number of rotatable bonds is 6. The molecule has 1 aliphatic rings. The molecular weight excluding hydrogens is 360 g/mol. The predicted octanol–water partition coefficient (Wildman–Crippen LogP) is 4.90. The summed E-state index contributed by atoms with van der Waals surface area (Å²) >= 11 is 0. The van der Waals surface area contributed by atoms with E-state index in [1.165, 1.54) is 24.1 Å². The van der Waals surface area contributed by atoms with Crippen LogP contribution in [0.1, 0.15) is 34.5 Å². The number of benzene rings is 2. The number of pyridine rings is 1. The number of likely N-dealkylation sites (tertiary alicyclic amines) is 1. The van der Waals surface area contributed by atoms with Crippen LogP contribution in [0.25, 0.3) is 11.1 Å². The number of aromatic carboxylic acids is 1. The van der Waals surface area contributed by atoms with Crippen molar-refractivity contribution in [1.82, 2.24) is 9.88 Å². The van der Waals surface area contributed by atoms with Crippen molar-refractivity contribution >= 4 is 5.97 Å². The summed E-state index contributed by atoms with van der Waals surface area (Å²) in [5.74, 6) is -0.239. The fourth-order valence-corrected chi connectivity index (χ4v) is 4.25. The van der Waals surface area contributed by atoms with Crippen LogP contribution < -0.4 is 0 Å². The van der Waals surface area contributed by atoms with Crippen molar-refractivity contribution in [3.63, 3.8) is 0 Å². The minimum atomic E-state index is -0.892. The van der Waals surface area contributed by atoms with Gasteiger partial charge in [0.25, 0.3) is 0 Å². The smallest absolute Gasteiger partial charge is 0.336 e. The molecule has 0 amide bonds. The molecule has 4 nitrogen and oxygen atoms in total. The van der Waals surface area contributed by atoms with Gasteiger partial charge in [-0.25, -0.2) is 4.79 Å². The van der Waals surface area contributed by atoms with Crippen molar-refractivity contribution < 1.29 is 9.90 Å². The van der Waals surface area contributed by atoms with E-state index >= 15 is 0 Å². The van der Waals surface area contributed by atoms with E-state index < -0.39 is 5.97 Å². The lowest BCUT2D eigenvalue weighted by Gasteiger charge is -2.32. The number of carbonyl (C=O) groups is 1. The van der Waals surface area contributed by atoms with Crippen LogP contribution in [0.4, 0.5) is 0 Å². The first kappa shape index (κ1) is 19.3. The molecule has 2 aromatic carbocycles. The number of hydrogen-bond acceptors (Lipinski definition) is 3. The summed E-state index contributed by atoms with van der Waals surface area (Å²) in [6.07, 6.45) is 5.40. The summed E-state index contributed by atoms with van der Waals surface area (Å²) in [7, 11) is 0. The fraction of sp³-hybridized carbons (Fsp3) is 0.280. The number of hydrogen-bond donors (Lipinski definition) is 1. The van der Waals surface area contributed by atoms with E-state index in [0.717, 1.165) is 37.2 Å². The van der Waals surface area contributed by atoms with Gasteiger partial charge in [0.05, 0.1) is 5.56 Å². The van der Waals surface area contributed by atoms with E-state index in [9.17, 15) is 9.90 Å². The van der Waals surface area contributed by atoms with Crippen molar-refractivity contribution in [3.05, 3.63) is 89.7 Å². The second-order valence-electron chi connectivity index (χ2n) is 7.82. The normalized spacial score (nSPS) is 17.2. The molecule has 0 bridgehead atoms. The Labute approximate surface area is 171 Å². The van der Waals surface area contributed by atoms with Crippen LogP contribution in [-0.2, 0) is 13.0 Å². The average Bonchev–Trinajstić information content (AvgIpc) is 2.75. The first-order chi connectivity index (χ1) is 14.2. The van der Waals surface area contributed by atoms with E-state index in [-0.39, 0.29) is 0 Å². The Balaban J connectivity index is 1.40. The van der Waals surface area contributed by atoms with Crippen molar-refractivity contribution in [1.29, 1.82) is 0 Å². The molecule has 148 valence electrons. The molecule has 0 aliphatic carbocycles. The van der Waals surface area contributed by atoms with Gasteiger partial charge in [0, 0.05) is 25.0 Å². The maximum atomic E-state index is 11.5. The molecule has 1 saturated heterocycles. The zero-order chi connectivity index (χ0) is 20.1. The topological polar surface area (TPSA) is 53.4 Å². The van der Waals surface area contributed by atoms with Crippen molar-refractivity contribution in [3.8, 4) is 11.1 Å². The highest BCUT2D eigenvalue weighted by molar-refractivity contribution is 5.95. The van der Waals surface area contributed by atoms with Gasteiger partial charge in [0.2, 0.25) is 0 Å². The summed E-state index contributed by atoms with van der Waals surface area (Å²) in [5, 5.41) is 9.42. The fourth-order valence-electron chi connectivity index (χ4n) is 4.25. The highest BCUT2D eigenvalue weighted by atomic mass is 16.4. The standard InChI is InChI=1S/C25H26N2O2/c28-25(29)24-9-2-1-8-23(24)21-12-10-19(11-13-21)17-27-15-5-6-20(18-27)16-22-7-3-4-14-26-22/h1-4,7-14,20H,5-6,15-18H2,(H,28,29)/t20-/m0/s1. The molecule has 1 atom stereocenters. The summed E-state index contributed by atoms with van der Waals surface area (Å²) in [5.41, 5.74) is 4.49. The Morgan fingerprint density at radius 3 is 2.59 bits per heavy atom. The van der Waals surface area contributed by atoms with Gasteiger partial charge in [0.15, 0.2) is 0 Å². The van der Waals surface area contributed by atoms with Crippen LogP contribution in [0, 0.1) is 5.92 Å². The third kappa shape index (κ3) is 4.90. The Hall–Kier alpha value is -2.98. The van der Waals surface area contributed by atoms with Crippen molar-refractivity contribution in [2.45, 2.75) is 25.8 Å². The monoisotopic (exact) mass is 386 g/mol. The van der Waals surface area contributed by atoms with E-state index in [1.54, 1.807) is 12.1 Å². The largest absolute Gasteiger partial charge is 0.478 e. The van der Waals surface area contributed by atoms with Crippen LogP contribution >= 0.6 is 0 Å². The Bertz CT molecular complexity index is 954. The van der Waals surface area contributed by atoms with Crippen LogP contribution in [-0.4, -0.2) is 34.0 Å². The minimum absolute atomic E-state index is 0.341. The highest BCUT2D eigenvalue weighted by Crippen LogP contribution is 2.26. The van der Waals surface area contributed by atoms with Gasteiger partial charge in [0.1, 0.15) is 0 Å². The molecular formula is C25H26N2O2. The molecule has 3 aromatic rings. The van der Waals surface area contributed by atoms with Crippen LogP contribution in [0.2, 0.25) is 0 Å². The third-order valence-electron chi connectivity index (χ3n) is 5.66. The predicted molar refractivity (Wildman–Crippen MR) is 115 cm³/mol. The second kappa shape index (κ2) is 9.01. The summed E-state index contributed by atoms with van der Waals surface area (Å²) in [4.78, 5) is 18.5. The molecule has 0 radical (unpaired) electrons. The van der Waals surface area contributed by atoms with Gasteiger partial charge >= 0.3 is 5.97 Å². The number of aromatic nitrogens is 1. The first-order valence-corrected chi connectivity index (χ1v) is 10.2.